The molecule has 0 N–H and O–H groups in total. The summed E-state index contributed by atoms with van der Waals surface area (Å²) < 4.78 is 53.4. The number of hydrogen-bond donors (Lipinski definition) is 0. The van der Waals surface area contributed by atoms with Gasteiger partial charge in [0.2, 0.25) is 0 Å². The summed E-state index contributed by atoms with van der Waals surface area (Å²) in [6.45, 7) is 6.85. The number of piperidine rings is 1. The van der Waals surface area contributed by atoms with Crippen molar-refractivity contribution in [3.8, 4) is 11.3 Å². The van der Waals surface area contributed by atoms with Gasteiger partial charge in [0, 0.05) is 24.0 Å². The van der Waals surface area contributed by atoms with Crippen molar-refractivity contribution in [2.75, 3.05) is 18.0 Å². The molecule has 164 valence electrons. The van der Waals surface area contributed by atoms with Gasteiger partial charge in [-0.2, -0.15) is 0 Å². The van der Waals surface area contributed by atoms with E-state index in [1.807, 2.05) is 38.3 Å². The number of thiazole rings is 1. The summed E-state index contributed by atoms with van der Waals surface area (Å²) >= 11 is 1.42. The molecule has 8 heteroatoms. The van der Waals surface area contributed by atoms with Crippen LogP contribution < -0.4 is 4.90 Å². The Balaban J connectivity index is 1.49. The molecule has 0 radical (unpaired) electrons. The largest absolute Gasteiger partial charge is 0.348 e. The maximum atomic E-state index is 13.5. The average molecular weight is 463 g/mol. The second-order valence-electron chi connectivity index (χ2n) is 8.10. The van der Waals surface area contributed by atoms with Gasteiger partial charge in [0.1, 0.15) is 0 Å². The highest BCUT2D eigenvalue weighted by atomic mass is 32.2. The molecule has 0 spiro atoms. The maximum absolute atomic E-state index is 13.5. The van der Waals surface area contributed by atoms with E-state index in [2.05, 4.69) is 9.88 Å². The molecule has 1 aliphatic heterocycles. The van der Waals surface area contributed by atoms with Crippen LogP contribution in [0.1, 0.15) is 29.5 Å². The lowest BCUT2D eigenvalue weighted by atomic mass is 10.1. The van der Waals surface area contributed by atoms with Crippen LogP contribution >= 0.6 is 11.3 Å². The minimum Gasteiger partial charge on any atom is -0.348 e. The molecular weight excluding hydrogens is 438 g/mol. The molecule has 1 aliphatic rings. The molecule has 2 aromatic carbocycles. The molecule has 1 fully saturated rings. The molecule has 4 rings (SSSR count). The lowest BCUT2D eigenvalue weighted by Crippen LogP contribution is -2.39. The van der Waals surface area contributed by atoms with E-state index in [0.29, 0.717) is 42.1 Å². The second-order valence-corrected chi connectivity index (χ2v) is 11.1. The van der Waals surface area contributed by atoms with Crippen LogP contribution in [0.2, 0.25) is 0 Å². The third-order valence-corrected chi connectivity index (χ3v) is 9.21. The zero-order chi connectivity index (χ0) is 22.3. The fourth-order valence-electron chi connectivity index (χ4n) is 4.34. The predicted octanol–water partition coefficient (Wildman–Crippen LogP) is 5.46. The molecular formula is C23H24F2N2O2S2. The summed E-state index contributed by atoms with van der Waals surface area (Å²) in [7, 11) is -3.41. The van der Waals surface area contributed by atoms with Crippen LogP contribution in [0.25, 0.3) is 11.3 Å². The second kappa shape index (κ2) is 8.31. The minimum absolute atomic E-state index is 0.422. The molecule has 4 nitrogen and oxygen atoms in total. The molecule has 0 bridgehead atoms. The number of nitrogens with zero attached hydrogens (tertiary/aromatic N) is 2. The van der Waals surface area contributed by atoms with E-state index >= 15 is 0 Å². The van der Waals surface area contributed by atoms with E-state index in [9.17, 15) is 17.2 Å². The molecule has 3 aromatic rings. The molecule has 2 heterocycles. The number of hydrogen-bond acceptors (Lipinski definition) is 5. The molecule has 1 saturated heterocycles. The third-order valence-electron chi connectivity index (χ3n) is 5.75. The van der Waals surface area contributed by atoms with Crippen molar-refractivity contribution in [1.82, 2.24) is 4.98 Å². The monoisotopic (exact) mass is 462 g/mol. The number of benzene rings is 2. The van der Waals surface area contributed by atoms with Gasteiger partial charge in [-0.15, -0.1) is 11.3 Å². The van der Waals surface area contributed by atoms with Gasteiger partial charge in [-0.25, -0.2) is 22.2 Å². The standard InChI is InChI=1S/C23H24F2N2O2S2/c1-14-10-15(2)22(16(3)11-14)31(28,29)18-6-8-27(9-7-18)23-26-21(13-30-23)17-4-5-19(24)20(25)12-17/h4-5,10-13,18H,6-9H2,1-3H3. The summed E-state index contributed by atoms with van der Waals surface area (Å²) in [6, 6.07) is 7.57. The Bertz CT molecular complexity index is 1210. The van der Waals surface area contributed by atoms with Gasteiger partial charge in [-0.1, -0.05) is 17.7 Å². The van der Waals surface area contributed by atoms with Crippen LogP contribution in [-0.4, -0.2) is 31.7 Å². The summed E-state index contributed by atoms with van der Waals surface area (Å²) in [5.41, 5.74) is 3.76. The van der Waals surface area contributed by atoms with Crippen LogP contribution in [0.15, 0.2) is 40.6 Å². The van der Waals surface area contributed by atoms with Crippen molar-refractivity contribution in [3.63, 3.8) is 0 Å². The first-order chi connectivity index (χ1) is 14.7. The first-order valence-electron chi connectivity index (χ1n) is 10.1. The van der Waals surface area contributed by atoms with Crippen LogP contribution in [-0.2, 0) is 9.84 Å². The van der Waals surface area contributed by atoms with Crippen molar-refractivity contribution < 1.29 is 17.2 Å². The van der Waals surface area contributed by atoms with Crippen LogP contribution in [0, 0.1) is 32.4 Å². The van der Waals surface area contributed by atoms with Crippen LogP contribution in [0.3, 0.4) is 0 Å². The number of aryl methyl sites for hydroxylation is 3. The summed E-state index contributed by atoms with van der Waals surface area (Å²) in [5, 5.41) is 2.15. The van der Waals surface area contributed by atoms with E-state index in [1.165, 1.54) is 17.4 Å². The summed E-state index contributed by atoms with van der Waals surface area (Å²) in [6.07, 6.45) is 1.05. The number of halogens is 2. The molecule has 1 aromatic heterocycles. The van der Waals surface area contributed by atoms with Gasteiger partial charge in [0.05, 0.1) is 15.8 Å². The number of anilines is 1. The van der Waals surface area contributed by atoms with Crippen molar-refractivity contribution in [2.24, 2.45) is 0 Å². The molecule has 0 saturated carbocycles. The average Bonchev–Trinajstić information content (AvgIpc) is 3.19. The van der Waals surface area contributed by atoms with E-state index in [4.69, 9.17) is 0 Å². The first kappa shape index (κ1) is 21.9. The van der Waals surface area contributed by atoms with Gasteiger partial charge in [0.25, 0.3) is 0 Å². The zero-order valence-electron chi connectivity index (χ0n) is 17.7. The fourth-order valence-corrected chi connectivity index (χ4v) is 7.41. The Hall–Kier alpha value is -2.32. The highest BCUT2D eigenvalue weighted by Crippen LogP contribution is 2.33. The van der Waals surface area contributed by atoms with Crippen molar-refractivity contribution >= 4 is 26.3 Å². The van der Waals surface area contributed by atoms with Gasteiger partial charge in [-0.05, 0) is 62.9 Å². The van der Waals surface area contributed by atoms with Crippen molar-refractivity contribution in [1.29, 1.82) is 0 Å². The number of rotatable bonds is 4. The topological polar surface area (TPSA) is 50.3 Å². The Labute approximate surface area is 185 Å². The Morgan fingerprint density at radius 3 is 2.26 bits per heavy atom. The molecule has 31 heavy (non-hydrogen) atoms. The highest BCUT2D eigenvalue weighted by Gasteiger charge is 2.34. The number of sulfone groups is 1. The lowest BCUT2D eigenvalue weighted by molar-refractivity contribution is 0.509. The van der Waals surface area contributed by atoms with Gasteiger partial charge >= 0.3 is 0 Å². The summed E-state index contributed by atoms with van der Waals surface area (Å²) in [4.78, 5) is 7.09. The Morgan fingerprint density at radius 2 is 1.65 bits per heavy atom. The molecule has 0 aliphatic carbocycles. The minimum atomic E-state index is -3.41. The van der Waals surface area contributed by atoms with E-state index in [0.717, 1.165) is 34.0 Å². The molecule has 0 atom stereocenters. The summed E-state index contributed by atoms with van der Waals surface area (Å²) in [5.74, 6) is -1.79. The van der Waals surface area contributed by atoms with E-state index < -0.39 is 26.7 Å². The van der Waals surface area contributed by atoms with E-state index in [-0.39, 0.29) is 0 Å². The third kappa shape index (κ3) is 4.23. The van der Waals surface area contributed by atoms with Gasteiger partial charge in [0.15, 0.2) is 26.6 Å². The van der Waals surface area contributed by atoms with Crippen molar-refractivity contribution in [3.05, 3.63) is 64.0 Å². The van der Waals surface area contributed by atoms with Gasteiger partial charge in [-0.3, -0.25) is 0 Å². The van der Waals surface area contributed by atoms with Crippen LogP contribution in [0.4, 0.5) is 13.9 Å². The zero-order valence-corrected chi connectivity index (χ0v) is 19.3. The van der Waals surface area contributed by atoms with Crippen molar-refractivity contribution in [2.45, 2.75) is 43.8 Å². The quantitative estimate of drug-likeness (QED) is 0.517. The first-order valence-corrected chi connectivity index (χ1v) is 12.6. The number of aromatic nitrogens is 1. The Kier molecular flexibility index (Phi) is 5.87. The molecule has 0 unspecified atom stereocenters. The normalized spacial score (nSPS) is 15.5. The predicted molar refractivity (Wildman–Crippen MR) is 121 cm³/mol. The van der Waals surface area contributed by atoms with E-state index in [1.54, 1.807) is 0 Å². The maximum Gasteiger partial charge on any atom is 0.185 e. The SMILES string of the molecule is Cc1cc(C)c(S(=O)(=O)C2CCN(c3nc(-c4ccc(F)c(F)c4)cs3)CC2)c(C)c1. The molecule has 0 amide bonds. The lowest BCUT2D eigenvalue weighted by Gasteiger charge is -2.32. The highest BCUT2D eigenvalue weighted by molar-refractivity contribution is 7.92. The smallest absolute Gasteiger partial charge is 0.185 e. The fraction of sp³-hybridized carbons (Fsp3) is 0.348. The Morgan fingerprint density at radius 1 is 1.00 bits per heavy atom. The van der Waals surface area contributed by atoms with Gasteiger partial charge < -0.3 is 4.90 Å². The van der Waals surface area contributed by atoms with Crippen LogP contribution in [0.5, 0.6) is 0 Å².